The summed E-state index contributed by atoms with van der Waals surface area (Å²) in [6.07, 6.45) is 6.78. The van der Waals surface area contributed by atoms with Crippen molar-refractivity contribution in [2.75, 3.05) is 73.6 Å². The second-order valence-corrected chi connectivity index (χ2v) is 13.4. The number of halogens is 1. The molecular formula is C38H43ClN4O5. The Bertz CT molecular complexity index is 1640. The molecule has 252 valence electrons. The van der Waals surface area contributed by atoms with Crippen LogP contribution in [0.2, 0.25) is 0 Å². The smallest absolute Gasteiger partial charge is 0.226 e. The van der Waals surface area contributed by atoms with Gasteiger partial charge in [0.25, 0.3) is 0 Å². The van der Waals surface area contributed by atoms with Crippen molar-refractivity contribution in [3.05, 3.63) is 76.9 Å². The van der Waals surface area contributed by atoms with Gasteiger partial charge in [0.2, 0.25) is 11.7 Å². The first-order valence-corrected chi connectivity index (χ1v) is 17.8. The Labute approximate surface area is 287 Å². The van der Waals surface area contributed by atoms with Crippen molar-refractivity contribution in [3.8, 4) is 11.5 Å². The van der Waals surface area contributed by atoms with Crippen LogP contribution >= 0.6 is 11.6 Å². The van der Waals surface area contributed by atoms with Gasteiger partial charge in [0.05, 0.1) is 37.4 Å². The first kappa shape index (κ1) is 32.6. The predicted molar refractivity (Wildman–Crippen MR) is 189 cm³/mol. The summed E-state index contributed by atoms with van der Waals surface area (Å²) in [4.78, 5) is 31.4. The molecule has 0 aromatic heterocycles. The Morgan fingerprint density at radius 2 is 1.42 bits per heavy atom. The van der Waals surface area contributed by atoms with Crippen LogP contribution in [0.1, 0.15) is 72.0 Å². The molecule has 1 amide bonds. The molecule has 0 bridgehead atoms. The van der Waals surface area contributed by atoms with Crippen molar-refractivity contribution in [3.63, 3.8) is 0 Å². The van der Waals surface area contributed by atoms with Crippen LogP contribution in [0, 0.1) is 5.41 Å². The summed E-state index contributed by atoms with van der Waals surface area (Å²) in [5, 5.41) is 12.4. The molecule has 10 heteroatoms. The third-order valence-electron chi connectivity index (χ3n) is 9.97. The van der Waals surface area contributed by atoms with E-state index in [0.29, 0.717) is 54.0 Å². The van der Waals surface area contributed by atoms with Crippen molar-refractivity contribution in [1.29, 1.82) is 5.41 Å². The lowest BCUT2D eigenvalue weighted by molar-refractivity contribution is -0.117. The quantitative estimate of drug-likeness (QED) is 0.134. The summed E-state index contributed by atoms with van der Waals surface area (Å²) < 4.78 is 17.9. The van der Waals surface area contributed by atoms with E-state index in [0.717, 1.165) is 87.2 Å². The van der Waals surface area contributed by atoms with E-state index in [1.54, 1.807) is 12.1 Å². The average molecular weight is 671 g/mol. The van der Waals surface area contributed by atoms with Crippen molar-refractivity contribution in [2.24, 2.45) is 0 Å². The van der Waals surface area contributed by atoms with Crippen LogP contribution < -0.4 is 19.9 Å². The van der Waals surface area contributed by atoms with Gasteiger partial charge in [-0.05, 0) is 61.6 Å². The third-order valence-corrected chi connectivity index (χ3v) is 10.2. The number of hydrogen-bond acceptors (Lipinski definition) is 8. The van der Waals surface area contributed by atoms with Crippen molar-refractivity contribution in [2.45, 2.75) is 50.4 Å². The first-order valence-electron chi connectivity index (χ1n) is 17.3. The van der Waals surface area contributed by atoms with Gasteiger partial charge in [-0.2, -0.15) is 0 Å². The number of hydrogen-bond donors (Lipinski definition) is 2. The standard InChI is InChI=1S/C38H43ClN4O5/c39-14-3-1-2-4-19-46-21-22-47-20-13-35(44)41-26-7-10-29-32(23-26)38(37(40)36(29)45)30-11-8-27(42-15-5-16-42)24-33(30)48-34-25-28(9-12-31(34)38)43-17-6-18-43/h7-12,23-25,40H,1-6,13-22H2,(H,41,44). The SMILES string of the molecule is N=C1C(=O)c2ccc(NC(=O)CCOCCOCCCCCCCl)cc2C12c1ccc(N3CCC3)cc1Oc1cc(N3CCC3)ccc12. The summed E-state index contributed by atoms with van der Waals surface area (Å²) in [6.45, 7) is 5.88. The molecule has 0 saturated carbocycles. The number of ketones is 1. The lowest BCUT2D eigenvalue weighted by atomic mass is 9.67. The number of benzene rings is 3. The van der Waals surface area contributed by atoms with Crippen LogP contribution in [0.5, 0.6) is 11.5 Å². The van der Waals surface area contributed by atoms with Crippen LogP contribution in [0.3, 0.4) is 0 Å². The highest BCUT2D eigenvalue weighted by Gasteiger charge is 2.55. The number of ether oxygens (including phenoxy) is 3. The lowest BCUT2D eigenvalue weighted by Gasteiger charge is -2.40. The van der Waals surface area contributed by atoms with Crippen LogP contribution in [-0.2, 0) is 19.7 Å². The molecule has 7 rings (SSSR count). The second kappa shape index (κ2) is 14.3. The Hall–Kier alpha value is -3.92. The number of amides is 1. The van der Waals surface area contributed by atoms with Gasteiger partial charge in [0.15, 0.2) is 0 Å². The molecule has 0 radical (unpaired) electrons. The topological polar surface area (TPSA) is 104 Å². The minimum absolute atomic E-state index is 0.00828. The maximum atomic E-state index is 13.8. The Morgan fingerprint density at radius 3 is 2.02 bits per heavy atom. The minimum atomic E-state index is -1.16. The molecule has 2 N–H and O–H groups in total. The van der Waals surface area contributed by atoms with E-state index in [4.69, 9.17) is 25.8 Å². The van der Waals surface area contributed by atoms with Gasteiger partial charge in [-0.25, -0.2) is 0 Å². The van der Waals surface area contributed by atoms with Gasteiger partial charge < -0.3 is 29.3 Å². The molecule has 2 saturated heterocycles. The molecule has 1 aliphatic carbocycles. The maximum Gasteiger partial charge on any atom is 0.226 e. The van der Waals surface area contributed by atoms with Gasteiger partial charge in [0.1, 0.15) is 11.5 Å². The largest absolute Gasteiger partial charge is 0.457 e. The number of nitrogens with zero attached hydrogens (tertiary/aromatic N) is 2. The second-order valence-electron chi connectivity index (χ2n) is 13.0. The van der Waals surface area contributed by atoms with Gasteiger partial charge in [-0.15, -0.1) is 11.6 Å². The van der Waals surface area contributed by atoms with Crippen LogP contribution in [-0.4, -0.2) is 75.9 Å². The number of unbranched alkanes of at least 4 members (excludes halogenated alkanes) is 3. The number of carbonyl (C=O) groups excluding carboxylic acids is 2. The molecule has 4 aliphatic rings. The van der Waals surface area contributed by atoms with Crippen LogP contribution in [0.15, 0.2) is 54.6 Å². The highest BCUT2D eigenvalue weighted by molar-refractivity contribution is 6.53. The molecule has 1 spiro atoms. The summed E-state index contributed by atoms with van der Waals surface area (Å²) in [7, 11) is 0. The fraction of sp³-hybridized carbons (Fsp3) is 0.447. The van der Waals surface area contributed by atoms with E-state index in [2.05, 4.69) is 27.2 Å². The van der Waals surface area contributed by atoms with E-state index in [9.17, 15) is 15.0 Å². The zero-order valence-corrected chi connectivity index (χ0v) is 28.1. The fourth-order valence-corrected chi connectivity index (χ4v) is 7.30. The molecule has 3 aromatic rings. The van der Waals surface area contributed by atoms with E-state index in [1.165, 1.54) is 0 Å². The third kappa shape index (κ3) is 6.08. The molecule has 3 aromatic carbocycles. The predicted octanol–water partition coefficient (Wildman–Crippen LogP) is 6.92. The highest BCUT2D eigenvalue weighted by atomic mass is 35.5. The Balaban J connectivity index is 1.10. The van der Waals surface area contributed by atoms with Crippen LogP contribution in [0.4, 0.5) is 17.1 Å². The van der Waals surface area contributed by atoms with E-state index in [-0.39, 0.29) is 30.4 Å². The van der Waals surface area contributed by atoms with E-state index < -0.39 is 5.41 Å². The number of Topliss-reactive ketones (excluding diaryl/α,β-unsaturated/α-hetero) is 1. The Morgan fingerprint density at radius 1 is 0.792 bits per heavy atom. The van der Waals surface area contributed by atoms with E-state index >= 15 is 0 Å². The first-order chi connectivity index (χ1) is 23.5. The fourth-order valence-electron chi connectivity index (χ4n) is 7.11. The number of carbonyl (C=O) groups is 2. The number of fused-ring (bicyclic) bond motifs is 6. The maximum absolute atomic E-state index is 13.8. The molecule has 3 aliphatic heterocycles. The van der Waals surface area contributed by atoms with Crippen molar-refractivity contribution < 1.29 is 23.8 Å². The summed E-state index contributed by atoms with van der Waals surface area (Å²) in [5.74, 6) is 1.51. The number of nitrogens with one attached hydrogen (secondary N) is 2. The highest BCUT2D eigenvalue weighted by Crippen LogP contribution is 2.57. The molecule has 48 heavy (non-hydrogen) atoms. The van der Waals surface area contributed by atoms with Gasteiger partial charge in [-0.1, -0.05) is 25.0 Å². The van der Waals surface area contributed by atoms with Gasteiger partial charge in [0, 0.05) is 84.6 Å². The normalized spacial score (nSPS) is 16.9. The Kier molecular flexibility index (Phi) is 9.71. The molecular weight excluding hydrogens is 628 g/mol. The van der Waals surface area contributed by atoms with Crippen LogP contribution in [0.25, 0.3) is 0 Å². The van der Waals surface area contributed by atoms with Crippen molar-refractivity contribution in [1.82, 2.24) is 0 Å². The molecule has 9 nitrogen and oxygen atoms in total. The number of alkyl halides is 1. The zero-order valence-electron chi connectivity index (χ0n) is 27.3. The van der Waals surface area contributed by atoms with Crippen molar-refractivity contribution >= 4 is 46.1 Å². The summed E-state index contributed by atoms with van der Waals surface area (Å²) in [5.41, 5.74) is 4.23. The summed E-state index contributed by atoms with van der Waals surface area (Å²) in [6, 6.07) is 17.6. The monoisotopic (exact) mass is 670 g/mol. The minimum Gasteiger partial charge on any atom is -0.457 e. The molecule has 2 fully saturated rings. The lowest BCUT2D eigenvalue weighted by Crippen LogP contribution is -2.40. The van der Waals surface area contributed by atoms with Gasteiger partial charge >= 0.3 is 0 Å². The zero-order chi connectivity index (χ0) is 33.1. The number of anilines is 3. The average Bonchev–Trinajstić information content (AvgIpc) is 3.24. The summed E-state index contributed by atoms with van der Waals surface area (Å²) >= 11 is 5.71. The van der Waals surface area contributed by atoms with Gasteiger partial charge in [-0.3, -0.25) is 15.0 Å². The molecule has 0 unspecified atom stereocenters. The molecule has 3 heterocycles. The van der Waals surface area contributed by atoms with E-state index in [1.807, 2.05) is 30.3 Å². The number of rotatable bonds is 15. The molecule has 0 atom stereocenters.